The van der Waals surface area contributed by atoms with Crippen molar-refractivity contribution in [2.75, 3.05) is 7.11 Å². The average Bonchev–Trinajstić information content (AvgIpc) is 3.03. The van der Waals surface area contributed by atoms with Crippen LogP contribution < -0.4 is 15.4 Å². The van der Waals surface area contributed by atoms with Crippen LogP contribution in [0.25, 0.3) is 0 Å². The number of nitrogens with one attached hydrogen (secondary N) is 2. The molecule has 0 radical (unpaired) electrons. The van der Waals surface area contributed by atoms with E-state index in [2.05, 4.69) is 10.3 Å². The van der Waals surface area contributed by atoms with Crippen LogP contribution in [0.15, 0.2) is 35.8 Å². The number of rotatable bonds is 5. The summed E-state index contributed by atoms with van der Waals surface area (Å²) in [6.07, 6.45) is -3.07. The summed E-state index contributed by atoms with van der Waals surface area (Å²) >= 11 is 1.30. The number of nitrogens with zero attached hydrogens (tertiary/aromatic N) is 1. The third-order valence-corrected chi connectivity index (χ3v) is 3.72. The number of halogens is 3. The lowest BCUT2D eigenvalue weighted by Crippen LogP contribution is -2.43. The predicted octanol–water partition coefficient (Wildman–Crippen LogP) is 3.25. The van der Waals surface area contributed by atoms with Crippen molar-refractivity contribution in [3.8, 4) is 5.75 Å². The minimum absolute atomic E-state index is 0.0662. The highest BCUT2D eigenvalue weighted by Gasteiger charge is 2.41. The molecule has 1 heterocycles. The Bertz CT molecular complexity index is 630. The van der Waals surface area contributed by atoms with Crippen LogP contribution in [0.2, 0.25) is 0 Å². The zero-order valence-electron chi connectivity index (χ0n) is 12.1. The van der Waals surface area contributed by atoms with Crippen molar-refractivity contribution in [2.45, 2.75) is 18.8 Å². The number of aromatic nitrogens is 1. The SMILES string of the molecule is COc1ccc(C(NC(=O)NCc2nccs2)C(F)(F)F)cc1. The largest absolute Gasteiger partial charge is 0.497 e. The molecule has 0 saturated heterocycles. The fourth-order valence-electron chi connectivity index (χ4n) is 1.83. The number of ether oxygens (including phenoxy) is 1. The molecule has 0 saturated carbocycles. The zero-order chi connectivity index (χ0) is 16.9. The molecule has 0 aliphatic carbocycles. The van der Waals surface area contributed by atoms with Gasteiger partial charge < -0.3 is 15.4 Å². The van der Waals surface area contributed by atoms with Gasteiger partial charge in [-0.1, -0.05) is 12.1 Å². The molecule has 1 unspecified atom stereocenters. The number of urea groups is 1. The van der Waals surface area contributed by atoms with Gasteiger partial charge in [-0.15, -0.1) is 11.3 Å². The molecule has 0 fully saturated rings. The highest BCUT2D eigenvalue weighted by molar-refractivity contribution is 7.09. The molecule has 0 aliphatic rings. The quantitative estimate of drug-likeness (QED) is 0.874. The van der Waals surface area contributed by atoms with E-state index in [1.807, 2.05) is 5.32 Å². The van der Waals surface area contributed by atoms with Gasteiger partial charge in [0, 0.05) is 11.6 Å². The van der Waals surface area contributed by atoms with Crippen LogP contribution in [0.5, 0.6) is 5.75 Å². The van der Waals surface area contributed by atoms with Crippen LogP contribution in [-0.4, -0.2) is 24.3 Å². The molecular weight excluding hydrogens is 331 g/mol. The van der Waals surface area contributed by atoms with E-state index in [1.54, 1.807) is 11.6 Å². The molecule has 2 amide bonds. The fourth-order valence-corrected chi connectivity index (χ4v) is 2.38. The number of amides is 2. The molecule has 23 heavy (non-hydrogen) atoms. The second-order valence-corrected chi connectivity index (χ2v) is 5.48. The van der Waals surface area contributed by atoms with Gasteiger partial charge in [0.2, 0.25) is 0 Å². The molecule has 0 aliphatic heterocycles. The summed E-state index contributed by atoms with van der Waals surface area (Å²) < 4.78 is 44.4. The first-order chi connectivity index (χ1) is 10.9. The fraction of sp³-hybridized carbons (Fsp3) is 0.286. The van der Waals surface area contributed by atoms with Gasteiger partial charge in [0.05, 0.1) is 13.7 Å². The van der Waals surface area contributed by atoms with Crippen molar-refractivity contribution in [1.29, 1.82) is 0 Å². The molecule has 9 heteroatoms. The lowest BCUT2D eigenvalue weighted by Gasteiger charge is -2.22. The molecule has 124 valence electrons. The molecule has 2 rings (SSSR count). The van der Waals surface area contributed by atoms with E-state index >= 15 is 0 Å². The highest BCUT2D eigenvalue weighted by atomic mass is 32.1. The van der Waals surface area contributed by atoms with Crippen molar-refractivity contribution < 1.29 is 22.7 Å². The van der Waals surface area contributed by atoms with Crippen LogP contribution in [0.4, 0.5) is 18.0 Å². The number of carbonyl (C=O) groups excluding carboxylic acids is 1. The van der Waals surface area contributed by atoms with Crippen molar-refractivity contribution in [3.05, 3.63) is 46.4 Å². The maximum absolute atomic E-state index is 13.2. The molecule has 1 aromatic heterocycles. The molecule has 0 bridgehead atoms. The highest BCUT2D eigenvalue weighted by Crippen LogP contribution is 2.33. The standard InChI is InChI=1S/C14H14F3N3O2S/c1-22-10-4-2-9(3-5-10)12(14(15,16)17)20-13(21)19-8-11-18-6-7-23-11/h2-7,12H,8H2,1H3,(H2,19,20,21). The summed E-state index contributed by atoms with van der Waals surface area (Å²) in [5.74, 6) is 0.433. The summed E-state index contributed by atoms with van der Waals surface area (Å²) in [5, 5.41) is 6.61. The van der Waals surface area contributed by atoms with E-state index in [1.165, 1.54) is 42.7 Å². The lowest BCUT2D eigenvalue weighted by atomic mass is 10.1. The van der Waals surface area contributed by atoms with E-state index in [0.29, 0.717) is 10.8 Å². The first kappa shape index (κ1) is 17.1. The summed E-state index contributed by atoms with van der Waals surface area (Å²) in [5.41, 5.74) is -0.0808. The zero-order valence-corrected chi connectivity index (χ0v) is 12.9. The molecule has 5 nitrogen and oxygen atoms in total. The Morgan fingerprint density at radius 2 is 2.04 bits per heavy atom. The Kier molecular flexibility index (Phi) is 5.43. The third kappa shape index (κ3) is 4.85. The number of benzene rings is 1. The maximum atomic E-state index is 13.2. The minimum Gasteiger partial charge on any atom is -0.497 e. The van der Waals surface area contributed by atoms with Gasteiger partial charge in [0.1, 0.15) is 10.8 Å². The Balaban J connectivity index is 2.04. The summed E-state index contributed by atoms with van der Waals surface area (Å²) in [4.78, 5) is 15.7. The van der Waals surface area contributed by atoms with Gasteiger partial charge in [-0.2, -0.15) is 13.2 Å². The van der Waals surface area contributed by atoms with E-state index in [4.69, 9.17) is 4.74 Å². The van der Waals surface area contributed by atoms with Crippen LogP contribution in [0.3, 0.4) is 0 Å². The molecule has 2 N–H and O–H groups in total. The van der Waals surface area contributed by atoms with E-state index in [9.17, 15) is 18.0 Å². The van der Waals surface area contributed by atoms with Crippen molar-refractivity contribution >= 4 is 17.4 Å². The second-order valence-electron chi connectivity index (χ2n) is 4.50. The van der Waals surface area contributed by atoms with Crippen LogP contribution >= 0.6 is 11.3 Å². The first-order valence-electron chi connectivity index (χ1n) is 6.53. The second kappa shape index (κ2) is 7.32. The monoisotopic (exact) mass is 345 g/mol. The van der Waals surface area contributed by atoms with Gasteiger partial charge in [0.15, 0.2) is 6.04 Å². The van der Waals surface area contributed by atoms with Crippen LogP contribution in [0.1, 0.15) is 16.6 Å². The van der Waals surface area contributed by atoms with Crippen molar-refractivity contribution in [3.63, 3.8) is 0 Å². The summed E-state index contributed by atoms with van der Waals surface area (Å²) in [6, 6.07) is 2.31. The van der Waals surface area contributed by atoms with Crippen molar-refractivity contribution in [1.82, 2.24) is 15.6 Å². The van der Waals surface area contributed by atoms with Crippen LogP contribution in [0, 0.1) is 0 Å². The van der Waals surface area contributed by atoms with Gasteiger partial charge in [0.25, 0.3) is 0 Å². The van der Waals surface area contributed by atoms with Gasteiger partial charge >= 0.3 is 12.2 Å². The topological polar surface area (TPSA) is 63.2 Å². The molecule has 0 spiro atoms. The van der Waals surface area contributed by atoms with Crippen LogP contribution in [-0.2, 0) is 6.54 Å². The minimum atomic E-state index is -4.62. The predicted molar refractivity (Wildman–Crippen MR) is 79.3 cm³/mol. The average molecular weight is 345 g/mol. The van der Waals surface area contributed by atoms with E-state index < -0.39 is 18.2 Å². The van der Waals surface area contributed by atoms with Gasteiger partial charge in [-0.05, 0) is 17.7 Å². The molecule has 1 aromatic carbocycles. The summed E-state index contributed by atoms with van der Waals surface area (Å²) in [6.45, 7) is 0.0662. The third-order valence-electron chi connectivity index (χ3n) is 2.94. The molecular formula is C14H14F3N3O2S. The Labute approximate surface area is 134 Å². The smallest absolute Gasteiger partial charge is 0.412 e. The number of hydrogen-bond acceptors (Lipinski definition) is 4. The van der Waals surface area contributed by atoms with Crippen molar-refractivity contribution in [2.24, 2.45) is 0 Å². The molecule has 2 aromatic rings. The molecule has 1 atom stereocenters. The lowest BCUT2D eigenvalue weighted by molar-refractivity contribution is -0.154. The normalized spacial score (nSPS) is 12.5. The number of alkyl halides is 3. The maximum Gasteiger partial charge on any atom is 0.412 e. The van der Waals surface area contributed by atoms with Gasteiger partial charge in [-0.25, -0.2) is 9.78 Å². The van der Waals surface area contributed by atoms with E-state index in [-0.39, 0.29) is 12.1 Å². The Morgan fingerprint density at radius 3 is 2.57 bits per heavy atom. The summed E-state index contributed by atoms with van der Waals surface area (Å²) in [7, 11) is 1.42. The Morgan fingerprint density at radius 1 is 1.35 bits per heavy atom. The number of carbonyl (C=O) groups is 1. The number of hydrogen-bond donors (Lipinski definition) is 2. The van der Waals surface area contributed by atoms with Gasteiger partial charge in [-0.3, -0.25) is 0 Å². The first-order valence-corrected chi connectivity index (χ1v) is 7.41. The number of methoxy groups -OCH3 is 1. The Hall–Kier alpha value is -2.29. The van der Waals surface area contributed by atoms with E-state index in [0.717, 1.165) is 0 Å². The number of thiazole rings is 1.